The van der Waals surface area contributed by atoms with Gasteiger partial charge >= 0.3 is 0 Å². The Morgan fingerprint density at radius 1 is 0.773 bits per heavy atom. The summed E-state index contributed by atoms with van der Waals surface area (Å²) in [7, 11) is -0.458. The molecule has 1 aliphatic heterocycles. The Bertz CT molecular complexity index is 869. The van der Waals surface area contributed by atoms with E-state index in [2.05, 4.69) is 76.9 Å². The van der Waals surface area contributed by atoms with Crippen molar-refractivity contribution in [1.82, 2.24) is 0 Å². The van der Waals surface area contributed by atoms with E-state index in [9.17, 15) is 0 Å². The molecule has 0 saturated carbocycles. The summed E-state index contributed by atoms with van der Waals surface area (Å²) in [6.07, 6.45) is 0. The lowest BCUT2D eigenvalue weighted by atomic mass is 10.1. The van der Waals surface area contributed by atoms with Crippen molar-refractivity contribution in [2.75, 3.05) is 0 Å². The molecule has 0 fully saturated rings. The number of hydrogen-bond donors (Lipinski definition) is 1. The fourth-order valence-corrected chi connectivity index (χ4v) is 4.47. The van der Waals surface area contributed by atoms with Gasteiger partial charge < -0.3 is 0 Å². The van der Waals surface area contributed by atoms with Gasteiger partial charge in [-0.15, -0.1) is 5.10 Å². The molecule has 4 rings (SSSR count). The highest BCUT2D eigenvalue weighted by molar-refractivity contribution is 8.40. The van der Waals surface area contributed by atoms with Crippen molar-refractivity contribution in [2.24, 2.45) is 10.2 Å². The maximum Gasteiger partial charge on any atom is 0.112 e. The minimum Gasteiger partial charge on any atom is -0.165 e. The van der Waals surface area contributed by atoms with Gasteiger partial charge in [0, 0.05) is 11.3 Å². The van der Waals surface area contributed by atoms with Crippen LogP contribution in [0.1, 0.15) is 11.1 Å². The van der Waals surface area contributed by atoms with E-state index in [1.54, 1.807) is 0 Å². The van der Waals surface area contributed by atoms with Gasteiger partial charge in [0.15, 0.2) is 0 Å². The van der Waals surface area contributed by atoms with E-state index in [1.807, 2.05) is 11.6 Å². The molecule has 0 radical (unpaired) electrons. The topological polar surface area (TPSA) is 24.7 Å². The smallest absolute Gasteiger partial charge is 0.112 e. The maximum atomic E-state index is 4.36. The fraction of sp³-hybridized carbons (Fsp3) is 0.0526. The lowest BCUT2D eigenvalue weighted by Crippen LogP contribution is -2.01. The molecular formula is C19H16N2S. The quantitative estimate of drug-likeness (QED) is 0.676. The number of benzene rings is 3. The van der Waals surface area contributed by atoms with Gasteiger partial charge in [-0.25, -0.2) is 0 Å². The van der Waals surface area contributed by atoms with E-state index in [1.165, 1.54) is 21.9 Å². The van der Waals surface area contributed by atoms with E-state index in [-0.39, 0.29) is 0 Å². The van der Waals surface area contributed by atoms with E-state index < -0.39 is 10.9 Å². The summed E-state index contributed by atoms with van der Waals surface area (Å²) in [6.45, 7) is 0. The van der Waals surface area contributed by atoms with E-state index >= 15 is 0 Å². The van der Waals surface area contributed by atoms with Crippen LogP contribution in [-0.2, 0) is 5.75 Å². The van der Waals surface area contributed by atoms with Gasteiger partial charge in [0.1, 0.15) is 5.04 Å². The molecule has 1 atom stereocenters. The van der Waals surface area contributed by atoms with Crippen molar-refractivity contribution in [2.45, 2.75) is 5.75 Å². The standard InChI is InChI=1S/C19H16N2S/c1-2-7-17(8-3-1)19-21-20-14-22(19)13-15-10-11-16-6-4-5-9-18(16)12-15/h1-12,14,22H,13H2. The monoisotopic (exact) mass is 304 g/mol. The summed E-state index contributed by atoms with van der Waals surface area (Å²) in [4.78, 5) is 0. The predicted molar refractivity (Wildman–Crippen MR) is 98.1 cm³/mol. The third-order valence-electron chi connectivity index (χ3n) is 3.81. The van der Waals surface area contributed by atoms with Gasteiger partial charge in [0.25, 0.3) is 0 Å². The van der Waals surface area contributed by atoms with Crippen molar-refractivity contribution in [1.29, 1.82) is 0 Å². The van der Waals surface area contributed by atoms with Crippen molar-refractivity contribution in [3.63, 3.8) is 0 Å². The van der Waals surface area contributed by atoms with Crippen LogP contribution >= 0.6 is 10.9 Å². The molecule has 108 valence electrons. The van der Waals surface area contributed by atoms with Gasteiger partial charge in [-0.05, 0) is 16.3 Å². The van der Waals surface area contributed by atoms with Gasteiger partial charge in [-0.2, -0.15) is 16.0 Å². The van der Waals surface area contributed by atoms with E-state index in [0.717, 1.165) is 10.8 Å². The van der Waals surface area contributed by atoms with Crippen LogP contribution in [-0.4, -0.2) is 10.6 Å². The summed E-state index contributed by atoms with van der Waals surface area (Å²) < 4.78 is 0. The molecule has 3 aromatic carbocycles. The first kappa shape index (κ1) is 13.3. The second-order valence-corrected chi connectivity index (χ2v) is 7.24. The van der Waals surface area contributed by atoms with Crippen molar-refractivity contribution < 1.29 is 0 Å². The molecule has 1 unspecified atom stereocenters. The first-order valence-corrected chi connectivity index (χ1v) is 8.91. The van der Waals surface area contributed by atoms with Crippen LogP contribution < -0.4 is 0 Å². The Labute approximate surface area is 132 Å². The number of nitrogens with zero attached hydrogens (tertiary/aromatic N) is 2. The molecule has 1 aliphatic rings. The minimum absolute atomic E-state index is 0.458. The van der Waals surface area contributed by atoms with Gasteiger partial charge in [-0.1, -0.05) is 72.8 Å². The molecule has 0 amide bonds. The SMILES string of the molecule is C1=NN=C(c2ccccc2)[SH]1Cc1ccc2ccccc2c1. The molecule has 1 heterocycles. The number of thiol groups is 1. The molecule has 0 aliphatic carbocycles. The minimum atomic E-state index is -0.458. The Morgan fingerprint density at radius 3 is 2.41 bits per heavy atom. The van der Waals surface area contributed by atoms with E-state index in [4.69, 9.17) is 0 Å². The average molecular weight is 304 g/mol. The van der Waals surface area contributed by atoms with Crippen molar-refractivity contribution in [3.05, 3.63) is 83.9 Å². The highest BCUT2D eigenvalue weighted by atomic mass is 32.2. The molecule has 0 spiro atoms. The average Bonchev–Trinajstić information content (AvgIpc) is 3.04. The molecule has 22 heavy (non-hydrogen) atoms. The van der Waals surface area contributed by atoms with Crippen molar-refractivity contribution in [3.8, 4) is 0 Å². The molecule has 3 heteroatoms. The van der Waals surface area contributed by atoms with Gasteiger partial charge in [0.05, 0.1) is 5.55 Å². The van der Waals surface area contributed by atoms with Crippen molar-refractivity contribution >= 4 is 32.3 Å². The fourth-order valence-electron chi connectivity index (χ4n) is 2.72. The van der Waals surface area contributed by atoms with Gasteiger partial charge in [0.2, 0.25) is 0 Å². The summed E-state index contributed by atoms with van der Waals surface area (Å²) in [5, 5.41) is 12.2. The molecule has 0 bridgehead atoms. The van der Waals surface area contributed by atoms with Crippen LogP contribution in [0.4, 0.5) is 0 Å². The maximum absolute atomic E-state index is 4.36. The number of hydrogen-bond acceptors (Lipinski definition) is 2. The second kappa shape index (κ2) is 5.78. The Morgan fingerprint density at radius 2 is 1.55 bits per heavy atom. The molecule has 0 aromatic heterocycles. The highest BCUT2D eigenvalue weighted by Gasteiger charge is 2.17. The van der Waals surface area contributed by atoms with Crippen LogP contribution in [0.25, 0.3) is 10.8 Å². The lowest BCUT2D eigenvalue weighted by molar-refractivity contribution is 1.28. The Balaban J connectivity index is 1.62. The zero-order chi connectivity index (χ0) is 14.8. The lowest BCUT2D eigenvalue weighted by Gasteiger charge is -2.15. The second-order valence-electron chi connectivity index (χ2n) is 5.33. The third-order valence-corrected chi connectivity index (χ3v) is 5.79. The first-order valence-electron chi connectivity index (χ1n) is 7.31. The van der Waals surface area contributed by atoms with Gasteiger partial charge in [-0.3, -0.25) is 0 Å². The summed E-state index contributed by atoms with van der Waals surface area (Å²) in [6, 6.07) is 25.6. The normalized spacial score (nSPS) is 18.5. The summed E-state index contributed by atoms with van der Waals surface area (Å²) in [5.41, 5.74) is 4.56. The third kappa shape index (κ3) is 2.55. The first-order chi connectivity index (χ1) is 10.9. The summed E-state index contributed by atoms with van der Waals surface area (Å²) in [5.74, 6) is 0.997. The van der Waals surface area contributed by atoms with Crippen LogP contribution in [0, 0.1) is 0 Å². The highest BCUT2D eigenvalue weighted by Crippen LogP contribution is 2.36. The Kier molecular flexibility index (Phi) is 3.49. The van der Waals surface area contributed by atoms with Crippen LogP contribution in [0.15, 0.2) is 83.0 Å². The largest absolute Gasteiger partial charge is 0.165 e. The van der Waals surface area contributed by atoms with Crippen LogP contribution in [0.5, 0.6) is 0 Å². The van der Waals surface area contributed by atoms with E-state index in [0.29, 0.717) is 0 Å². The molecule has 3 aromatic rings. The number of rotatable bonds is 3. The molecule has 2 nitrogen and oxygen atoms in total. The molecule has 0 N–H and O–H groups in total. The Hall–Kier alpha value is -2.39. The zero-order valence-corrected chi connectivity index (χ0v) is 12.9. The van der Waals surface area contributed by atoms with Crippen LogP contribution in [0.3, 0.4) is 0 Å². The molecular weight excluding hydrogens is 288 g/mol. The predicted octanol–water partition coefficient (Wildman–Crippen LogP) is 4.74. The molecule has 0 saturated heterocycles. The van der Waals surface area contributed by atoms with Crippen LogP contribution in [0.2, 0.25) is 0 Å². The zero-order valence-electron chi connectivity index (χ0n) is 12.1. The summed E-state index contributed by atoms with van der Waals surface area (Å²) >= 11 is 0. The number of fused-ring (bicyclic) bond motifs is 1.